The fraction of sp³-hybridized carbons (Fsp3) is 0.611. The molecule has 1 aromatic carbocycles. The van der Waals surface area contributed by atoms with Gasteiger partial charge < -0.3 is 5.32 Å². The number of sulfonamides is 1. The zero-order valence-electron chi connectivity index (χ0n) is 15.9. The number of alkyl halides is 3. The summed E-state index contributed by atoms with van der Waals surface area (Å²) in [6, 6.07) is 3.51. The third-order valence-electron chi connectivity index (χ3n) is 4.93. The summed E-state index contributed by atoms with van der Waals surface area (Å²) in [4.78, 5) is 13.7. The van der Waals surface area contributed by atoms with Gasteiger partial charge in [0, 0.05) is 12.6 Å². The molecule has 1 heterocycles. The molecule has 2 rings (SSSR count). The van der Waals surface area contributed by atoms with Crippen molar-refractivity contribution < 1.29 is 26.4 Å². The highest BCUT2D eigenvalue weighted by atomic mass is 32.2. The molecular formula is C18H26F3N3O3S. The van der Waals surface area contributed by atoms with Gasteiger partial charge in [-0.25, -0.2) is 13.1 Å². The lowest BCUT2D eigenvalue weighted by Gasteiger charge is -2.35. The van der Waals surface area contributed by atoms with E-state index in [-0.39, 0.29) is 6.04 Å². The highest BCUT2D eigenvalue weighted by Gasteiger charge is 2.31. The first-order valence-electron chi connectivity index (χ1n) is 9.16. The lowest BCUT2D eigenvalue weighted by molar-refractivity contribution is -0.137. The maximum Gasteiger partial charge on any atom is 0.416 e. The molecule has 0 radical (unpaired) electrons. The fourth-order valence-corrected chi connectivity index (χ4v) is 4.03. The monoisotopic (exact) mass is 421 g/mol. The number of halogens is 3. The van der Waals surface area contributed by atoms with Crippen LogP contribution in [-0.4, -0.2) is 51.4 Å². The Morgan fingerprint density at radius 2 is 1.93 bits per heavy atom. The molecule has 2 N–H and O–H groups in total. The lowest BCUT2D eigenvalue weighted by atomic mass is 9.98. The van der Waals surface area contributed by atoms with E-state index in [0.717, 1.165) is 44.1 Å². The van der Waals surface area contributed by atoms with E-state index in [9.17, 15) is 26.4 Å². The maximum absolute atomic E-state index is 12.7. The number of hydrogen-bond donors (Lipinski definition) is 2. The van der Waals surface area contributed by atoms with E-state index in [4.69, 9.17) is 0 Å². The van der Waals surface area contributed by atoms with Crippen molar-refractivity contribution in [2.45, 2.75) is 43.8 Å². The Hall–Kier alpha value is -1.65. The van der Waals surface area contributed by atoms with Gasteiger partial charge in [-0.15, -0.1) is 0 Å². The molecule has 1 aromatic rings. The highest BCUT2D eigenvalue weighted by Crippen LogP contribution is 2.30. The number of nitrogens with zero attached hydrogens (tertiary/aromatic N) is 1. The third kappa shape index (κ3) is 6.46. The second-order valence-corrected chi connectivity index (χ2v) is 8.99. The Kier molecular flexibility index (Phi) is 7.46. The standard InChI is InChI=1S/C18H26F3N3O3S/c1-13-6-8-24(9-7-13)14(2)11-22-17(25)12-23-28(26,27)16-5-3-4-15(10-16)18(19,20)21/h3-5,10,13-14,23H,6-9,11-12H2,1-2H3,(H,22,25). The van der Waals surface area contributed by atoms with Crippen LogP contribution in [0.25, 0.3) is 0 Å². The normalized spacial score (nSPS) is 18.0. The highest BCUT2D eigenvalue weighted by molar-refractivity contribution is 7.89. The van der Waals surface area contributed by atoms with Crippen LogP contribution in [0.3, 0.4) is 0 Å². The Morgan fingerprint density at radius 3 is 2.54 bits per heavy atom. The van der Waals surface area contributed by atoms with Gasteiger partial charge in [0.15, 0.2) is 0 Å². The Bertz CT molecular complexity index is 776. The van der Waals surface area contributed by atoms with Crippen molar-refractivity contribution in [3.05, 3.63) is 29.8 Å². The van der Waals surface area contributed by atoms with Crippen molar-refractivity contribution in [2.24, 2.45) is 5.92 Å². The van der Waals surface area contributed by atoms with Gasteiger partial charge in [0.25, 0.3) is 0 Å². The Labute approximate surface area is 163 Å². The zero-order chi connectivity index (χ0) is 20.9. The summed E-state index contributed by atoms with van der Waals surface area (Å²) in [5, 5.41) is 2.66. The van der Waals surface area contributed by atoms with Crippen LogP contribution in [0.5, 0.6) is 0 Å². The first kappa shape index (κ1) is 22.6. The predicted octanol–water partition coefficient (Wildman–Crippen LogP) is 2.22. The summed E-state index contributed by atoms with van der Waals surface area (Å²) in [6.07, 6.45) is -2.44. The van der Waals surface area contributed by atoms with Gasteiger partial charge in [0.2, 0.25) is 15.9 Å². The molecule has 0 bridgehead atoms. The molecular weight excluding hydrogens is 395 g/mol. The minimum atomic E-state index is -4.65. The fourth-order valence-electron chi connectivity index (χ4n) is 3.01. The summed E-state index contributed by atoms with van der Waals surface area (Å²) in [5.41, 5.74) is -1.07. The first-order valence-corrected chi connectivity index (χ1v) is 10.6. The molecule has 0 aromatic heterocycles. The van der Waals surface area contributed by atoms with Crippen molar-refractivity contribution >= 4 is 15.9 Å². The van der Waals surface area contributed by atoms with Crippen molar-refractivity contribution in [2.75, 3.05) is 26.2 Å². The summed E-state index contributed by atoms with van der Waals surface area (Å²) in [5.74, 6) is 0.163. The summed E-state index contributed by atoms with van der Waals surface area (Å²) < 4.78 is 64.6. The van der Waals surface area contributed by atoms with Crippen LogP contribution in [0.2, 0.25) is 0 Å². The molecule has 1 unspecified atom stereocenters. The molecule has 1 fully saturated rings. The van der Waals surface area contributed by atoms with Gasteiger partial charge in [0.05, 0.1) is 17.0 Å². The van der Waals surface area contributed by atoms with Gasteiger partial charge in [0.1, 0.15) is 0 Å². The van der Waals surface area contributed by atoms with Gasteiger partial charge in [-0.3, -0.25) is 9.69 Å². The van der Waals surface area contributed by atoms with Gasteiger partial charge >= 0.3 is 6.18 Å². The van der Waals surface area contributed by atoms with Gasteiger partial charge in [-0.2, -0.15) is 13.2 Å². The molecule has 28 heavy (non-hydrogen) atoms. The smallest absolute Gasteiger partial charge is 0.353 e. The number of rotatable bonds is 7. The predicted molar refractivity (Wildman–Crippen MR) is 99.1 cm³/mol. The van der Waals surface area contributed by atoms with Crippen LogP contribution >= 0.6 is 0 Å². The van der Waals surface area contributed by atoms with Crippen LogP contribution in [0.1, 0.15) is 32.3 Å². The van der Waals surface area contributed by atoms with Crippen molar-refractivity contribution in [1.29, 1.82) is 0 Å². The summed E-state index contributed by atoms with van der Waals surface area (Å²) in [6.45, 7) is 5.95. The van der Waals surface area contributed by atoms with Crippen LogP contribution < -0.4 is 10.0 Å². The van der Waals surface area contributed by atoms with E-state index >= 15 is 0 Å². The molecule has 1 aliphatic heterocycles. The van der Waals surface area contributed by atoms with E-state index in [0.29, 0.717) is 18.5 Å². The first-order chi connectivity index (χ1) is 13.0. The molecule has 0 spiro atoms. The quantitative estimate of drug-likeness (QED) is 0.708. The number of hydrogen-bond acceptors (Lipinski definition) is 4. The minimum absolute atomic E-state index is 0.122. The van der Waals surface area contributed by atoms with Crippen molar-refractivity contribution in [1.82, 2.24) is 14.9 Å². The summed E-state index contributed by atoms with van der Waals surface area (Å²) in [7, 11) is -4.22. The molecule has 1 aliphatic rings. The van der Waals surface area contributed by atoms with Crippen molar-refractivity contribution in [3.8, 4) is 0 Å². The number of piperidine rings is 1. The summed E-state index contributed by atoms with van der Waals surface area (Å²) >= 11 is 0. The lowest BCUT2D eigenvalue weighted by Crippen LogP contribution is -2.47. The number of carbonyl (C=O) groups excluding carboxylic acids is 1. The SMILES string of the molecule is CC1CCN(C(C)CNC(=O)CNS(=O)(=O)c2cccc(C(F)(F)F)c2)CC1. The van der Waals surface area contributed by atoms with Crippen LogP contribution in [0.15, 0.2) is 29.2 Å². The number of nitrogens with one attached hydrogen (secondary N) is 2. The van der Waals surface area contributed by atoms with E-state index in [1.54, 1.807) is 0 Å². The van der Waals surface area contributed by atoms with Crippen molar-refractivity contribution in [3.63, 3.8) is 0 Å². The minimum Gasteiger partial charge on any atom is -0.353 e. The van der Waals surface area contributed by atoms with E-state index < -0.39 is 39.1 Å². The Balaban J connectivity index is 1.84. The van der Waals surface area contributed by atoms with E-state index in [1.165, 1.54) is 0 Å². The topological polar surface area (TPSA) is 78.5 Å². The van der Waals surface area contributed by atoms with E-state index in [2.05, 4.69) is 17.1 Å². The number of benzene rings is 1. The Morgan fingerprint density at radius 1 is 1.29 bits per heavy atom. The maximum atomic E-state index is 12.7. The molecule has 1 saturated heterocycles. The second kappa shape index (κ2) is 9.23. The molecule has 6 nitrogen and oxygen atoms in total. The molecule has 10 heteroatoms. The average molecular weight is 421 g/mol. The molecule has 158 valence electrons. The molecule has 1 amide bonds. The molecule has 1 atom stereocenters. The number of amides is 1. The van der Waals surface area contributed by atoms with Gasteiger partial charge in [-0.1, -0.05) is 13.0 Å². The molecule has 0 saturated carbocycles. The molecule has 0 aliphatic carbocycles. The zero-order valence-corrected chi connectivity index (χ0v) is 16.7. The average Bonchev–Trinajstić information content (AvgIpc) is 2.64. The third-order valence-corrected chi connectivity index (χ3v) is 6.33. The van der Waals surface area contributed by atoms with Crippen LogP contribution in [0.4, 0.5) is 13.2 Å². The largest absolute Gasteiger partial charge is 0.416 e. The van der Waals surface area contributed by atoms with E-state index in [1.807, 2.05) is 11.6 Å². The second-order valence-electron chi connectivity index (χ2n) is 7.22. The van der Waals surface area contributed by atoms with Crippen LogP contribution in [-0.2, 0) is 21.0 Å². The van der Waals surface area contributed by atoms with Crippen LogP contribution in [0, 0.1) is 5.92 Å². The number of likely N-dealkylation sites (tertiary alicyclic amines) is 1. The number of carbonyl (C=O) groups is 1. The van der Waals surface area contributed by atoms with Gasteiger partial charge in [-0.05, 0) is 57.0 Å².